The third-order valence-corrected chi connectivity index (χ3v) is 3.99. The Kier molecular flexibility index (Phi) is 4.21. The number of hydrogen-bond acceptors (Lipinski definition) is 5. The average Bonchev–Trinajstić information content (AvgIpc) is 2.54. The van der Waals surface area contributed by atoms with Crippen molar-refractivity contribution in [2.45, 2.75) is 13.0 Å². The van der Waals surface area contributed by atoms with Gasteiger partial charge in [-0.3, -0.25) is 5.43 Å². The van der Waals surface area contributed by atoms with E-state index in [9.17, 15) is 4.79 Å². The number of hydrogen-bond donors (Lipinski definition) is 3. The van der Waals surface area contributed by atoms with E-state index in [1.807, 2.05) is 24.3 Å². The van der Waals surface area contributed by atoms with Crippen LogP contribution in [-0.2, 0) is 13.0 Å². The number of aromatic nitrogens is 2. The maximum absolute atomic E-state index is 11.7. The minimum atomic E-state index is -0.303. The number of carbonyl (C=O) groups excluding carboxylic acids is 1. The summed E-state index contributed by atoms with van der Waals surface area (Å²) in [7, 11) is 0. The van der Waals surface area contributed by atoms with E-state index in [0.29, 0.717) is 25.3 Å². The van der Waals surface area contributed by atoms with Gasteiger partial charge in [-0.15, -0.1) is 0 Å². The van der Waals surface area contributed by atoms with Crippen molar-refractivity contribution in [2.75, 3.05) is 11.9 Å². The van der Waals surface area contributed by atoms with Crippen LogP contribution in [0.25, 0.3) is 0 Å². The predicted molar refractivity (Wildman–Crippen MR) is 86.3 cm³/mol. The van der Waals surface area contributed by atoms with E-state index in [4.69, 9.17) is 5.84 Å². The van der Waals surface area contributed by atoms with Crippen molar-refractivity contribution in [3.05, 3.63) is 46.3 Å². The van der Waals surface area contributed by atoms with Gasteiger partial charge in [-0.2, -0.15) is 0 Å². The monoisotopic (exact) mass is 362 g/mol. The molecule has 0 saturated heterocycles. The highest BCUT2D eigenvalue weighted by Gasteiger charge is 2.24. The van der Waals surface area contributed by atoms with E-state index >= 15 is 0 Å². The van der Waals surface area contributed by atoms with Gasteiger partial charge in [-0.25, -0.2) is 20.6 Å². The molecule has 0 fully saturated rings. The van der Waals surface area contributed by atoms with Crippen molar-refractivity contribution in [1.29, 1.82) is 0 Å². The number of halogens is 1. The van der Waals surface area contributed by atoms with Gasteiger partial charge in [0.1, 0.15) is 12.1 Å². The largest absolute Gasteiger partial charge is 0.340 e. The minimum absolute atomic E-state index is 0.303. The molecule has 0 bridgehead atoms. The molecule has 114 valence electrons. The van der Waals surface area contributed by atoms with Crippen LogP contribution in [0.3, 0.4) is 0 Å². The van der Waals surface area contributed by atoms with Crippen LogP contribution >= 0.6 is 15.9 Å². The second-order valence-corrected chi connectivity index (χ2v) is 5.82. The molecule has 8 heteroatoms. The summed E-state index contributed by atoms with van der Waals surface area (Å²) in [6, 6.07) is 7.50. The molecule has 1 aromatic carbocycles. The number of nitrogens with zero attached hydrogens (tertiary/aromatic N) is 3. The zero-order chi connectivity index (χ0) is 15.5. The number of benzene rings is 1. The number of fused-ring (bicyclic) bond motifs is 1. The summed E-state index contributed by atoms with van der Waals surface area (Å²) in [6.07, 6.45) is 2.22. The Balaban J connectivity index is 1.89. The Hall–Kier alpha value is -2.19. The van der Waals surface area contributed by atoms with Crippen LogP contribution in [0, 0.1) is 0 Å². The molecular formula is C14H15BrN6O. The number of rotatable bonds is 2. The minimum Gasteiger partial charge on any atom is -0.340 e. The van der Waals surface area contributed by atoms with Gasteiger partial charge in [-0.05, 0) is 18.2 Å². The summed E-state index contributed by atoms with van der Waals surface area (Å²) < 4.78 is 0.976. The van der Waals surface area contributed by atoms with Gasteiger partial charge >= 0.3 is 6.03 Å². The Bertz CT molecular complexity index is 707. The quantitative estimate of drug-likeness (QED) is 0.430. The van der Waals surface area contributed by atoms with E-state index < -0.39 is 0 Å². The maximum Gasteiger partial charge on any atom is 0.331 e. The van der Waals surface area contributed by atoms with Crippen LogP contribution in [0.15, 0.2) is 35.1 Å². The van der Waals surface area contributed by atoms with Crippen molar-refractivity contribution in [3.8, 4) is 0 Å². The lowest BCUT2D eigenvalue weighted by Crippen LogP contribution is -2.45. The molecule has 1 aliphatic heterocycles. The molecule has 0 unspecified atom stereocenters. The number of hydrazine groups is 1. The van der Waals surface area contributed by atoms with E-state index in [1.54, 1.807) is 4.90 Å². The molecule has 0 atom stereocenters. The predicted octanol–water partition coefficient (Wildman–Crippen LogP) is 1.92. The molecule has 22 heavy (non-hydrogen) atoms. The zero-order valence-electron chi connectivity index (χ0n) is 11.7. The Labute approximate surface area is 136 Å². The van der Waals surface area contributed by atoms with Crippen LogP contribution < -0.4 is 16.6 Å². The van der Waals surface area contributed by atoms with Gasteiger partial charge in [0, 0.05) is 28.7 Å². The smallest absolute Gasteiger partial charge is 0.331 e. The molecule has 1 aromatic heterocycles. The van der Waals surface area contributed by atoms with Gasteiger partial charge in [0.2, 0.25) is 0 Å². The summed E-state index contributed by atoms with van der Waals surface area (Å²) >= 11 is 3.44. The first kappa shape index (κ1) is 14.7. The topological polar surface area (TPSA) is 96.2 Å². The molecule has 0 radical (unpaired) electrons. The fraction of sp³-hybridized carbons (Fsp3) is 0.214. The third kappa shape index (κ3) is 3.02. The number of anilines is 2. The van der Waals surface area contributed by atoms with Gasteiger partial charge < -0.3 is 10.2 Å². The second-order valence-electron chi connectivity index (χ2n) is 4.90. The van der Waals surface area contributed by atoms with Gasteiger partial charge in [-0.1, -0.05) is 22.0 Å². The van der Waals surface area contributed by atoms with Crippen molar-refractivity contribution < 1.29 is 4.79 Å². The molecule has 2 aromatic rings. The van der Waals surface area contributed by atoms with Crippen LogP contribution in [0.5, 0.6) is 0 Å². The van der Waals surface area contributed by atoms with Crippen molar-refractivity contribution >= 4 is 33.5 Å². The lowest BCUT2D eigenvalue weighted by atomic mass is 10.1. The first-order valence-electron chi connectivity index (χ1n) is 6.78. The van der Waals surface area contributed by atoms with Crippen LogP contribution in [0.4, 0.5) is 16.3 Å². The molecule has 4 N–H and O–H groups in total. The lowest BCUT2D eigenvalue weighted by molar-refractivity contribution is 0.192. The van der Waals surface area contributed by atoms with Crippen LogP contribution in [-0.4, -0.2) is 27.4 Å². The maximum atomic E-state index is 11.7. The Morgan fingerprint density at radius 1 is 1.36 bits per heavy atom. The van der Waals surface area contributed by atoms with Crippen LogP contribution in [0.2, 0.25) is 0 Å². The summed E-state index contributed by atoms with van der Waals surface area (Å²) in [6.45, 7) is 1.01. The van der Waals surface area contributed by atoms with Crippen molar-refractivity contribution in [3.63, 3.8) is 0 Å². The highest BCUT2D eigenvalue weighted by atomic mass is 79.9. The molecule has 2 heterocycles. The molecule has 0 spiro atoms. The third-order valence-electron chi connectivity index (χ3n) is 3.50. The highest BCUT2D eigenvalue weighted by Crippen LogP contribution is 2.26. The first-order chi connectivity index (χ1) is 10.7. The number of nitrogens with two attached hydrogens (primary N) is 1. The normalized spacial score (nSPS) is 13.5. The SMILES string of the molecule is NNC(=O)N1CCc2ncnc(Nc3cccc(Br)c3)c2C1. The van der Waals surface area contributed by atoms with Crippen LogP contribution in [0.1, 0.15) is 11.3 Å². The van der Waals surface area contributed by atoms with E-state index in [0.717, 1.165) is 21.4 Å². The molecule has 2 amide bonds. The molecule has 0 saturated carbocycles. The summed E-state index contributed by atoms with van der Waals surface area (Å²) in [4.78, 5) is 22.0. The van der Waals surface area contributed by atoms with Crippen molar-refractivity contribution in [1.82, 2.24) is 20.3 Å². The molecular weight excluding hydrogens is 348 g/mol. The number of carbonyl (C=O) groups is 1. The first-order valence-corrected chi connectivity index (χ1v) is 7.57. The molecule has 7 nitrogen and oxygen atoms in total. The average molecular weight is 363 g/mol. The number of amides is 2. The number of nitrogens with one attached hydrogen (secondary N) is 2. The van der Waals surface area contributed by atoms with Gasteiger partial charge in [0.25, 0.3) is 0 Å². The van der Waals surface area contributed by atoms with Gasteiger partial charge in [0.05, 0.1) is 12.2 Å². The zero-order valence-corrected chi connectivity index (χ0v) is 13.3. The second kappa shape index (κ2) is 6.29. The fourth-order valence-electron chi connectivity index (χ4n) is 2.42. The highest BCUT2D eigenvalue weighted by molar-refractivity contribution is 9.10. The lowest BCUT2D eigenvalue weighted by Gasteiger charge is -2.28. The standard InChI is InChI=1S/C14H15BrN6O/c15-9-2-1-3-10(6-9)19-13-11-7-21(14(22)20-16)5-4-12(11)17-8-18-13/h1-3,6,8H,4-5,7,16H2,(H,20,22)(H,17,18,19). The molecule has 3 rings (SSSR count). The van der Waals surface area contributed by atoms with E-state index in [1.165, 1.54) is 6.33 Å². The van der Waals surface area contributed by atoms with Crippen molar-refractivity contribution in [2.24, 2.45) is 5.84 Å². The van der Waals surface area contributed by atoms with E-state index in [-0.39, 0.29) is 6.03 Å². The fourth-order valence-corrected chi connectivity index (χ4v) is 2.82. The number of urea groups is 1. The summed E-state index contributed by atoms with van der Waals surface area (Å²) in [5.74, 6) is 5.91. The summed E-state index contributed by atoms with van der Waals surface area (Å²) in [5.41, 5.74) is 4.94. The Morgan fingerprint density at radius 3 is 3.00 bits per heavy atom. The summed E-state index contributed by atoms with van der Waals surface area (Å²) in [5, 5.41) is 3.28. The van der Waals surface area contributed by atoms with Gasteiger partial charge in [0.15, 0.2) is 0 Å². The molecule has 1 aliphatic rings. The molecule has 0 aliphatic carbocycles. The Morgan fingerprint density at radius 2 is 2.23 bits per heavy atom. The van der Waals surface area contributed by atoms with E-state index in [2.05, 4.69) is 36.6 Å².